The number of benzene rings is 3. The van der Waals surface area contributed by atoms with Crippen molar-refractivity contribution in [3.05, 3.63) is 95.3 Å². The van der Waals surface area contributed by atoms with Crippen molar-refractivity contribution in [2.24, 2.45) is 0 Å². The molecule has 0 radical (unpaired) electrons. The van der Waals surface area contributed by atoms with E-state index in [9.17, 15) is 14.0 Å². The first-order valence-electron chi connectivity index (χ1n) is 10.0. The second kappa shape index (κ2) is 8.22. The number of methoxy groups -OCH3 is 1. The molecule has 0 saturated carbocycles. The number of nitrogens with one attached hydrogen (secondary N) is 1. The molecule has 0 spiro atoms. The van der Waals surface area contributed by atoms with E-state index in [0.717, 1.165) is 16.9 Å². The molecular weight excluding hydrogens is 395 g/mol. The molecule has 3 aromatic carbocycles. The third-order valence-corrected chi connectivity index (χ3v) is 5.67. The SMILES string of the molecule is COc1ccc(CNC(=O)C2(C)Cc3ccccc3C(=O)N2c2ccc(F)cc2)cc1. The summed E-state index contributed by atoms with van der Waals surface area (Å²) >= 11 is 0. The van der Waals surface area contributed by atoms with Crippen LogP contribution in [0.2, 0.25) is 0 Å². The molecule has 0 aromatic heterocycles. The molecule has 1 unspecified atom stereocenters. The lowest BCUT2D eigenvalue weighted by atomic mass is 9.82. The van der Waals surface area contributed by atoms with Crippen LogP contribution < -0.4 is 15.0 Å². The molecule has 5 nitrogen and oxygen atoms in total. The number of rotatable bonds is 5. The number of nitrogens with zero attached hydrogens (tertiary/aromatic N) is 1. The molecule has 0 aliphatic carbocycles. The highest BCUT2D eigenvalue weighted by Gasteiger charge is 2.47. The number of anilines is 1. The number of carbonyl (C=O) groups is 2. The zero-order valence-corrected chi connectivity index (χ0v) is 17.4. The maximum absolute atomic E-state index is 13.5. The van der Waals surface area contributed by atoms with Crippen molar-refractivity contribution in [3.8, 4) is 5.75 Å². The summed E-state index contributed by atoms with van der Waals surface area (Å²) in [5, 5.41) is 2.96. The van der Waals surface area contributed by atoms with Crippen LogP contribution in [-0.2, 0) is 17.8 Å². The fourth-order valence-corrected chi connectivity index (χ4v) is 3.97. The summed E-state index contributed by atoms with van der Waals surface area (Å²) in [4.78, 5) is 28.3. The Labute approximate surface area is 180 Å². The van der Waals surface area contributed by atoms with Crippen molar-refractivity contribution in [1.82, 2.24) is 5.32 Å². The zero-order chi connectivity index (χ0) is 22.0. The van der Waals surface area contributed by atoms with Crippen LogP contribution in [0.15, 0.2) is 72.8 Å². The molecule has 0 saturated heterocycles. The standard InChI is InChI=1S/C25H23FN2O3/c1-25(24(30)27-16-17-7-13-21(31-2)14-8-17)15-18-5-3-4-6-22(18)23(29)28(25)20-11-9-19(26)10-12-20/h3-14H,15-16H2,1-2H3,(H,27,30). The summed E-state index contributed by atoms with van der Waals surface area (Å²) in [5.74, 6) is -0.232. The van der Waals surface area contributed by atoms with Gasteiger partial charge in [-0.15, -0.1) is 0 Å². The topological polar surface area (TPSA) is 58.6 Å². The van der Waals surface area contributed by atoms with Crippen molar-refractivity contribution >= 4 is 17.5 Å². The predicted octanol–water partition coefficient (Wildman–Crippen LogP) is 4.11. The Hall–Kier alpha value is -3.67. The van der Waals surface area contributed by atoms with Crippen LogP contribution in [0.5, 0.6) is 5.75 Å². The molecule has 1 aliphatic heterocycles. The minimum atomic E-state index is -1.17. The van der Waals surface area contributed by atoms with Crippen molar-refractivity contribution in [2.75, 3.05) is 12.0 Å². The molecule has 1 aliphatic rings. The number of halogens is 1. The average molecular weight is 418 g/mol. The summed E-state index contributed by atoms with van der Waals surface area (Å²) in [6.45, 7) is 2.05. The second-order valence-corrected chi connectivity index (χ2v) is 7.76. The number of carbonyl (C=O) groups excluding carboxylic acids is 2. The lowest BCUT2D eigenvalue weighted by Gasteiger charge is -2.44. The largest absolute Gasteiger partial charge is 0.497 e. The van der Waals surface area contributed by atoms with Crippen molar-refractivity contribution in [2.45, 2.75) is 25.4 Å². The van der Waals surface area contributed by atoms with E-state index in [-0.39, 0.29) is 11.8 Å². The van der Waals surface area contributed by atoms with Crippen LogP contribution in [0.4, 0.5) is 10.1 Å². The number of amides is 2. The van der Waals surface area contributed by atoms with Crippen molar-refractivity contribution < 1.29 is 18.7 Å². The smallest absolute Gasteiger partial charge is 0.259 e. The highest BCUT2D eigenvalue weighted by Crippen LogP contribution is 2.35. The first kappa shape index (κ1) is 20.6. The monoisotopic (exact) mass is 418 g/mol. The Morgan fingerprint density at radius 2 is 1.74 bits per heavy atom. The highest BCUT2D eigenvalue weighted by atomic mass is 19.1. The number of hydrogen-bond acceptors (Lipinski definition) is 3. The van der Waals surface area contributed by atoms with Crippen LogP contribution in [-0.4, -0.2) is 24.5 Å². The Balaban J connectivity index is 1.66. The normalized spacial score (nSPS) is 17.8. The molecular formula is C25H23FN2O3. The van der Waals surface area contributed by atoms with Crippen molar-refractivity contribution in [3.63, 3.8) is 0 Å². The number of fused-ring (bicyclic) bond motifs is 1. The van der Waals surface area contributed by atoms with E-state index in [1.54, 1.807) is 26.2 Å². The predicted molar refractivity (Wildman–Crippen MR) is 117 cm³/mol. The van der Waals surface area contributed by atoms with Crippen LogP contribution >= 0.6 is 0 Å². The Morgan fingerprint density at radius 1 is 1.06 bits per heavy atom. The van der Waals surface area contributed by atoms with E-state index < -0.39 is 11.4 Å². The van der Waals surface area contributed by atoms with Gasteiger partial charge in [-0.25, -0.2) is 4.39 Å². The van der Waals surface area contributed by atoms with E-state index >= 15 is 0 Å². The lowest BCUT2D eigenvalue weighted by Crippen LogP contribution is -2.63. The molecule has 1 atom stereocenters. The van der Waals surface area contributed by atoms with Gasteiger partial charge < -0.3 is 10.1 Å². The maximum atomic E-state index is 13.5. The third-order valence-electron chi connectivity index (χ3n) is 5.67. The van der Waals surface area contributed by atoms with Gasteiger partial charge in [-0.2, -0.15) is 0 Å². The van der Waals surface area contributed by atoms with E-state index in [2.05, 4.69) is 5.32 Å². The summed E-state index contributed by atoms with van der Waals surface area (Å²) < 4.78 is 18.7. The summed E-state index contributed by atoms with van der Waals surface area (Å²) in [7, 11) is 1.60. The van der Waals surface area contributed by atoms with Gasteiger partial charge in [-0.3, -0.25) is 14.5 Å². The van der Waals surface area contributed by atoms with E-state index in [1.165, 1.54) is 29.2 Å². The quantitative estimate of drug-likeness (QED) is 0.678. The molecule has 2 amide bonds. The summed E-state index contributed by atoms with van der Waals surface area (Å²) in [6, 6.07) is 20.3. The molecule has 6 heteroatoms. The van der Waals surface area contributed by atoms with Crippen LogP contribution in [0.25, 0.3) is 0 Å². The van der Waals surface area contributed by atoms with E-state index in [1.807, 2.05) is 36.4 Å². The van der Waals surface area contributed by atoms with Crippen LogP contribution in [0, 0.1) is 5.82 Å². The van der Waals surface area contributed by atoms with Crippen molar-refractivity contribution in [1.29, 1.82) is 0 Å². The van der Waals surface area contributed by atoms with Gasteiger partial charge in [0.2, 0.25) is 5.91 Å². The van der Waals surface area contributed by atoms with E-state index in [0.29, 0.717) is 24.2 Å². The first-order chi connectivity index (χ1) is 14.9. The molecule has 0 fully saturated rings. The van der Waals surface area contributed by atoms with Gasteiger partial charge in [-0.05, 0) is 60.5 Å². The van der Waals surface area contributed by atoms with Gasteiger partial charge in [0.05, 0.1) is 7.11 Å². The average Bonchev–Trinajstić information content (AvgIpc) is 2.79. The lowest BCUT2D eigenvalue weighted by molar-refractivity contribution is -0.126. The fraction of sp³-hybridized carbons (Fsp3) is 0.200. The minimum Gasteiger partial charge on any atom is -0.497 e. The molecule has 3 aromatic rings. The fourth-order valence-electron chi connectivity index (χ4n) is 3.97. The van der Waals surface area contributed by atoms with Gasteiger partial charge in [0.15, 0.2) is 0 Å². The second-order valence-electron chi connectivity index (χ2n) is 7.76. The highest BCUT2D eigenvalue weighted by molar-refractivity contribution is 6.14. The van der Waals surface area contributed by atoms with Gasteiger partial charge >= 0.3 is 0 Å². The van der Waals surface area contributed by atoms with Gasteiger partial charge in [0, 0.05) is 24.2 Å². The van der Waals surface area contributed by atoms with Crippen LogP contribution in [0.1, 0.15) is 28.4 Å². The van der Waals surface area contributed by atoms with E-state index in [4.69, 9.17) is 4.74 Å². The van der Waals surface area contributed by atoms with Gasteiger partial charge in [0.25, 0.3) is 5.91 Å². The maximum Gasteiger partial charge on any atom is 0.259 e. The molecule has 158 valence electrons. The Kier molecular flexibility index (Phi) is 5.46. The Bertz CT molecular complexity index is 1110. The van der Waals surface area contributed by atoms with Gasteiger partial charge in [-0.1, -0.05) is 30.3 Å². The molecule has 1 N–H and O–H groups in total. The number of ether oxygens (including phenoxy) is 1. The Morgan fingerprint density at radius 3 is 2.42 bits per heavy atom. The minimum absolute atomic E-state index is 0.282. The first-order valence-corrected chi connectivity index (χ1v) is 10.0. The molecule has 1 heterocycles. The molecule has 4 rings (SSSR count). The third kappa shape index (κ3) is 3.89. The zero-order valence-electron chi connectivity index (χ0n) is 17.4. The molecule has 31 heavy (non-hydrogen) atoms. The van der Waals surface area contributed by atoms with Crippen LogP contribution in [0.3, 0.4) is 0 Å². The summed E-state index contributed by atoms with van der Waals surface area (Å²) in [6.07, 6.45) is 0.348. The van der Waals surface area contributed by atoms with Gasteiger partial charge in [0.1, 0.15) is 17.1 Å². The number of hydrogen-bond donors (Lipinski definition) is 1. The summed E-state index contributed by atoms with van der Waals surface area (Å²) in [5.41, 5.74) is 1.58. The molecule has 0 bridgehead atoms.